The molecular weight excluding hydrogens is 140 g/mol. The summed E-state index contributed by atoms with van der Waals surface area (Å²) in [6.45, 7) is 1.90. The Balaban J connectivity index is 2.81. The summed E-state index contributed by atoms with van der Waals surface area (Å²) in [4.78, 5) is 4.06. The van der Waals surface area contributed by atoms with Gasteiger partial charge in [0.25, 0.3) is 0 Å². The molecule has 0 aliphatic rings. The van der Waals surface area contributed by atoms with Crippen LogP contribution in [-0.2, 0) is 0 Å². The highest BCUT2D eigenvalue weighted by Gasteiger charge is 2.03. The van der Waals surface area contributed by atoms with Crippen LogP contribution in [0.4, 0.5) is 0 Å². The third kappa shape index (κ3) is 2.00. The van der Waals surface area contributed by atoms with Gasteiger partial charge < -0.3 is 10.8 Å². The zero-order valence-electron chi connectivity index (χ0n) is 6.49. The fourth-order valence-electron chi connectivity index (χ4n) is 0.792. The van der Waals surface area contributed by atoms with E-state index in [4.69, 9.17) is 10.8 Å². The maximum Gasteiger partial charge on any atom is 0.0704 e. The predicted octanol–water partition coefficient (Wildman–Crippen LogP) is 0.382. The van der Waals surface area contributed by atoms with E-state index in [1.807, 2.05) is 19.1 Å². The monoisotopic (exact) mass is 152 g/mol. The first kappa shape index (κ1) is 8.17. The van der Waals surface area contributed by atoms with Crippen LogP contribution in [-0.4, -0.2) is 16.7 Å². The van der Waals surface area contributed by atoms with Gasteiger partial charge in [0.1, 0.15) is 0 Å². The minimum Gasteiger partial charge on any atom is -0.394 e. The lowest BCUT2D eigenvalue weighted by Gasteiger charge is -2.06. The van der Waals surface area contributed by atoms with E-state index in [0.29, 0.717) is 0 Å². The van der Waals surface area contributed by atoms with Gasteiger partial charge >= 0.3 is 0 Å². The third-order valence-electron chi connectivity index (χ3n) is 1.51. The molecule has 1 aromatic rings. The van der Waals surface area contributed by atoms with Crippen molar-refractivity contribution in [3.8, 4) is 0 Å². The smallest absolute Gasteiger partial charge is 0.0704 e. The lowest BCUT2D eigenvalue weighted by Crippen LogP contribution is -2.15. The van der Waals surface area contributed by atoms with Crippen LogP contribution in [0, 0.1) is 6.92 Å². The molecule has 11 heavy (non-hydrogen) atoms. The van der Waals surface area contributed by atoms with E-state index < -0.39 is 0 Å². The molecule has 1 atom stereocenters. The minimum absolute atomic E-state index is 0.0595. The highest BCUT2D eigenvalue weighted by Crippen LogP contribution is 2.05. The van der Waals surface area contributed by atoms with Crippen molar-refractivity contribution in [3.63, 3.8) is 0 Å². The van der Waals surface area contributed by atoms with E-state index in [1.165, 1.54) is 0 Å². The van der Waals surface area contributed by atoms with Crippen LogP contribution in [0.2, 0.25) is 0 Å². The fraction of sp³-hybridized carbons (Fsp3) is 0.375. The van der Waals surface area contributed by atoms with Crippen LogP contribution in [0.25, 0.3) is 0 Å². The molecule has 3 N–H and O–H groups in total. The second-order valence-electron chi connectivity index (χ2n) is 2.55. The summed E-state index contributed by atoms with van der Waals surface area (Å²) in [5.41, 5.74) is 7.36. The minimum atomic E-state index is -0.351. The van der Waals surface area contributed by atoms with E-state index in [9.17, 15) is 0 Å². The summed E-state index contributed by atoms with van der Waals surface area (Å²) in [6, 6.07) is 3.41. The Morgan fingerprint density at radius 2 is 2.36 bits per heavy atom. The van der Waals surface area contributed by atoms with Crippen molar-refractivity contribution in [2.45, 2.75) is 13.0 Å². The van der Waals surface area contributed by atoms with Gasteiger partial charge in [-0.25, -0.2) is 0 Å². The Labute approximate surface area is 65.9 Å². The zero-order valence-corrected chi connectivity index (χ0v) is 6.49. The Kier molecular flexibility index (Phi) is 2.57. The second-order valence-corrected chi connectivity index (χ2v) is 2.55. The Bertz CT molecular complexity index is 220. The van der Waals surface area contributed by atoms with Gasteiger partial charge in [-0.2, -0.15) is 0 Å². The number of aryl methyl sites for hydroxylation is 1. The molecule has 0 aliphatic heterocycles. The van der Waals surface area contributed by atoms with E-state index >= 15 is 0 Å². The van der Waals surface area contributed by atoms with Crippen molar-refractivity contribution in [3.05, 3.63) is 29.6 Å². The molecule has 60 valence electrons. The average Bonchev–Trinajstić information content (AvgIpc) is 2.05. The van der Waals surface area contributed by atoms with Gasteiger partial charge in [0.05, 0.1) is 18.3 Å². The van der Waals surface area contributed by atoms with Crippen LogP contribution >= 0.6 is 0 Å². The van der Waals surface area contributed by atoms with Crippen LogP contribution in [0.15, 0.2) is 18.3 Å². The number of rotatable bonds is 2. The van der Waals surface area contributed by atoms with Gasteiger partial charge in [-0.15, -0.1) is 0 Å². The highest BCUT2D eigenvalue weighted by atomic mass is 16.3. The number of nitrogens with two attached hydrogens (primary N) is 1. The van der Waals surface area contributed by atoms with E-state index in [0.717, 1.165) is 11.3 Å². The molecule has 1 rings (SSSR count). The maximum atomic E-state index is 8.69. The van der Waals surface area contributed by atoms with Crippen molar-refractivity contribution in [2.75, 3.05) is 6.61 Å². The molecule has 0 aliphatic carbocycles. The second kappa shape index (κ2) is 3.46. The summed E-state index contributed by atoms with van der Waals surface area (Å²) < 4.78 is 0. The molecule has 0 bridgehead atoms. The highest BCUT2D eigenvalue weighted by molar-refractivity contribution is 5.14. The number of aliphatic hydroxyl groups is 1. The molecule has 0 amide bonds. The summed E-state index contributed by atoms with van der Waals surface area (Å²) in [5, 5.41) is 8.69. The molecule has 1 aromatic heterocycles. The van der Waals surface area contributed by atoms with E-state index in [-0.39, 0.29) is 12.6 Å². The van der Waals surface area contributed by atoms with Crippen molar-refractivity contribution in [2.24, 2.45) is 5.73 Å². The Morgan fingerprint density at radius 1 is 1.64 bits per heavy atom. The SMILES string of the molecule is Cc1ccc([C@@H](N)CO)nc1. The lowest BCUT2D eigenvalue weighted by atomic mass is 10.2. The first-order valence-corrected chi connectivity index (χ1v) is 3.53. The molecule has 3 heteroatoms. The molecule has 0 aromatic carbocycles. The van der Waals surface area contributed by atoms with Gasteiger partial charge in [0, 0.05) is 6.20 Å². The molecular formula is C8H12N2O. The molecule has 0 radical (unpaired) electrons. The van der Waals surface area contributed by atoms with Crippen molar-refractivity contribution >= 4 is 0 Å². The number of nitrogens with zero attached hydrogens (tertiary/aromatic N) is 1. The first-order valence-electron chi connectivity index (χ1n) is 3.53. The largest absolute Gasteiger partial charge is 0.394 e. The van der Waals surface area contributed by atoms with Gasteiger partial charge in [0.15, 0.2) is 0 Å². The normalized spacial score (nSPS) is 13.0. The maximum absolute atomic E-state index is 8.69. The molecule has 0 unspecified atom stereocenters. The van der Waals surface area contributed by atoms with Crippen molar-refractivity contribution in [1.82, 2.24) is 4.98 Å². The van der Waals surface area contributed by atoms with Crippen molar-refractivity contribution < 1.29 is 5.11 Å². The van der Waals surface area contributed by atoms with Crippen LogP contribution in [0.5, 0.6) is 0 Å². The average molecular weight is 152 g/mol. The van der Waals surface area contributed by atoms with Gasteiger partial charge in [-0.1, -0.05) is 6.07 Å². The molecule has 0 spiro atoms. The summed E-state index contributed by atoms with van der Waals surface area (Å²) >= 11 is 0. The molecule has 0 saturated heterocycles. The Hall–Kier alpha value is -0.930. The van der Waals surface area contributed by atoms with Gasteiger partial charge in [-0.05, 0) is 18.6 Å². The van der Waals surface area contributed by atoms with Crippen LogP contribution in [0.3, 0.4) is 0 Å². The lowest BCUT2D eigenvalue weighted by molar-refractivity contribution is 0.266. The van der Waals surface area contributed by atoms with Crippen molar-refractivity contribution in [1.29, 1.82) is 0 Å². The number of aromatic nitrogens is 1. The van der Waals surface area contributed by atoms with Gasteiger partial charge in [0.2, 0.25) is 0 Å². The Morgan fingerprint density at radius 3 is 2.82 bits per heavy atom. The summed E-state index contributed by atoms with van der Waals surface area (Å²) in [5.74, 6) is 0. The van der Waals surface area contributed by atoms with E-state index in [1.54, 1.807) is 6.20 Å². The van der Waals surface area contributed by atoms with Crippen LogP contribution < -0.4 is 5.73 Å². The van der Waals surface area contributed by atoms with E-state index in [2.05, 4.69) is 4.98 Å². The standard InChI is InChI=1S/C8H12N2O/c1-6-2-3-8(10-4-6)7(9)5-11/h2-4,7,11H,5,9H2,1H3/t7-/m0/s1. The molecule has 1 heterocycles. The summed E-state index contributed by atoms with van der Waals surface area (Å²) in [7, 11) is 0. The zero-order chi connectivity index (χ0) is 8.27. The molecule has 3 nitrogen and oxygen atoms in total. The number of aliphatic hydroxyl groups excluding tert-OH is 1. The number of hydrogen-bond donors (Lipinski definition) is 2. The summed E-state index contributed by atoms with van der Waals surface area (Å²) in [6.07, 6.45) is 1.74. The molecule has 0 saturated carbocycles. The topological polar surface area (TPSA) is 59.1 Å². The molecule has 0 fully saturated rings. The number of hydrogen-bond acceptors (Lipinski definition) is 3. The van der Waals surface area contributed by atoms with Crippen LogP contribution in [0.1, 0.15) is 17.3 Å². The predicted molar refractivity (Wildman–Crippen MR) is 43.0 cm³/mol. The quantitative estimate of drug-likeness (QED) is 0.644. The third-order valence-corrected chi connectivity index (χ3v) is 1.51. The first-order chi connectivity index (χ1) is 5.24. The number of pyridine rings is 1. The van der Waals surface area contributed by atoms with Gasteiger partial charge in [-0.3, -0.25) is 4.98 Å². The fourth-order valence-corrected chi connectivity index (χ4v) is 0.792.